The van der Waals surface area contributed by atoms with Crippen molar-refractivity contribution in [2.75, 3.05) is 13.1 Å². The van der Waals surface area contributed by atoms with Crippen LogP contribution in [0.5, 0.6) is 0 Å². The van der Waals surface area contributed by atoms with Gasteiger partial charge in [0.25, 0.3) is 5.91 Å². The van der Waals surface area contributed by atoms with E-state index in [0.29, 0.717) is 12.8 Å². The van der Waals surface area contributed by atoms with E-state index in [1.807, 2.05) is 27.7 Å². The van der Waals surface area contributed by atoms with Gasteiger partial charge in [0.05, 0.1) is 24.2 Å². The Morgan fingerprint density at radius 3 is 2.17 bits per heavy atom. The van der Waals surface area contributed by atoms with Crippen molar-refractivity contribution in [3.8, 4) is 0 Å². The highest BCUT2D eigenvalue weighted by molar-refractivity contribution is 6.38. The highest BCUT2D eigenvalue weighted by atomic mass is 16.6. The molecule has 2 saturated carbocycles. The van der Waals surface area contributed by atoms with Crippen molar-refractivity contribution in [3.63, 3.8) is 0 Å². The molecule has 5 atom stereocenters. The van der Waals surface area contributed by atoms with Gasteiger partial charge in [0.1, 0.15) is 17.1 Å². The minimum absolute atomic E-state index is 0.00621. The van der Waals surface area contributed by atoms with Gasteiger partial charge in [-0.1, -0.05) is 53.4 Å². The number of rotatable bonds is 17. The van der Waals surface area contributed by atoms with Crippen molar-refractivity contribution in [2.45, 2.75) is 143 Å². The lowest BCUT2D eigenvalue weighted by Crippen LogP contribution is -2.51. The maximum atomic E-state index is 14.3. The number of carbonyl (C=O) groups is 7. The number of ether oxygens (including phenoxy) is 1. The molecule has 1 aliphatic heterocycles. The molecule has 1 saturated heterocycles. The van der Waals surface area contributed by atoms with E-state index in [0.717, 1.165) is 44.9 Å². The Balaban J connectivity index is 1.55. The Hall–Kier alpha value is -4.03. The number of amides is 3. The third kappa shape index (κ3) is 12.2. The zero-order valence-corrected chi connectivity index (χ0v) is 33.3. The molecule has 298 valence electrons. The first kappa shape index (κ1) is 42.7. The molecule has 3 aliphatic rings. The highest BCUT2D eigenvalue weighted by Gasteiger charge is 2.45. The molecule has 13 nitrogen and oxygen atoms in total. The van der Waals surface area contributed by atoms with Gasteiger partial charge in [0, 0.05) is 56.6 Å². The van der Waals surface area contributed by atoms with Crippen molar-refractivity contribution in [1.82, 2.24) is 25.5 Å². The molecule has 54 heavy (non-hydrogen) atoms. The predicted octanol–water partition coefficient (Wildman–Crippen LogP) is 5.44. The van der Waals surface area contributed by atoms with Gasteiger partial charge in [-0.25, -0.2) is 9.78 Å². The van der Waals surface area contributed by atoms with E-state index < -0.39 is 70.3 Å². The number of nitrogens with zero attached hydrogens (tertiary/aromatic N) is 3. The monoisotopic (exact) mass is 751 g/mol. The Morgan fingerprint density at radius 2 is 1.59 bits per heavy atom. The van der Waals surface area contributed by atoms with E-state index in [1.54, 1.807) is 20.8 Å². The number of hydrogen-bond acceptors (Lipinski definition) is 10. The molecule has 4 rings (SSSR count). The molecule has 1 aromatic rings. The third-order valence-electron chi connectivity index (χ3n) is 10.9. The lowest BCUT2D eigenvalue weighted by Gasteiger charge is -2.34. The number of likely N-dealkylation sites (tertiary alicyclic amines) is 1. The van der Waals surface area contributed by atoms with Crippen LogP contribution in [0.2, 0.25) is 0 Å². The second kappa shape index (κ2) is 18.5. The summed E-state index contributed by atoms with van der Waals surface area (Å²) in [5, 5.41) is 5.94. The Kier molecular flexibility index (Phi) is 14.7. The zero-order chi connectivity index (χ0) is 39.8. The van der Waals surface area contributed by atoms with Crippen LogP contribution in [0.3, 0.4) is 0 Å². The van der Waals surface area contributed by atoms with Gasteiger partial charge in [-0.05, 0) is 70.1 Å². The molecule has 0 radical (unpaired) electrons. The van der Waals surface area contributed by atoms with Gasteiger partial charge in [0.2, 0.25) is 11.7 Å². The molecule has 1 aromatic heterocycles. The molecule has 0 spiro atoms. The Bertz CT molecular complexity index is 1520. The topological polar surface area (TPSA) is 182 Å². The van der Waals surface area contributed by atoms with Crippen LogP contribution in [-0.4, -0.2) is 86.7 Å². The fourth-order valence-electron chi connectivity index (χ4n) is 7.70. The van der Waals surface area contributed by atoms with E-state index >= 15 is 0 Å². The van der Waals surface area contributed by atoms with Crippen LogP contribution in [0.15, 0.2) is 18.6 Å². The third-order valence-corrected chi connectivity index (χ3v) is 10.9. The molecule has 2 N–H and O–H groups in total. The minimum atomic E-state index is -0.857. The number of carbonyl (C=O) groups excluding carboxylic acids is 7. The fourth-order valence-corrected chi connectivity index (χ4v) is 7.70. The summed E-state index contributed by atoms with van der Waals surface area (Å²) in [6.45, 7) is 12.7. The summed E-state index contributed by atoms with van der Waals surface area (Å²) in [5.74, 6) is -4.82. The first-order valence-corrected chi connectivity index (χ1v) is 19.9. The van der Waals surface area contributed by atoms with Gasteiger partial charge in [0.15, 0.2) is 11.6 Å². The lowest BCUT2D eigenvalue weighted by molar-refractivity contribution is -0.140. The van der Waals surface area contributed by atoms with Gasteiger partial charge in [-0.3, -0.25) is 33.8 Å². The molecule has 2 heterocycles. The minimum Gasteiger partial charge on any atom is -0.444 e. The van der Waals surface area contributed by atoms with Gasteiger partial charge in [-0.2, -0.15) is 0 Å². The molecule has 0 bridgehead atoms. The van der Waals surface area contributed by atoms with Crippen LogP contribution in [0, 0.1) is 35.0 Å². The summed E-state index contributed by atoms with van der Waals surface area (Å²) in [7, 11) is 0. The Morgan fingerprint density at radius 1 is 0.907 bits per heavy atom. The number of nitrogens with one attached hydrogen (secondary N) is 2. The first-order chi connectivity index (χ1) is 25.4. The standard InChI is InChI=1S/C41H61N5O8/c1-8-12-27(36(50)34(49)19-25-15-16-25)20-32(47)28-23-46(39(53)54-41(5,6)7)24-31(28)44-37(51)29(40(2,3)4)21-33(48)35(26-13-10-9-11-14-26)45-38(52)30-22-42-17-18-43-30/h17-18,22,25-29,31,35H,8-16,19-21,23-24H2,1-7H3,(H,44,51)(H,45,52)/t27-,28-,29-,31+,35+/m1/s1. The van der Waals surface area contributed by atoms with E-state index in [9.17, 15) is 33.6 Å². The molecule has 2 aliphatic carbocycles. The maximum Gasteiger partial charge on any atom is 0.410 e. The highest BCUT2D eigenvalue weighted by Crippen LogP contribution is 2.35. The van der Waals surface area contributed by atoms with Crippen LogP contribution < -0.4 is 10.6 Å². The SMILES string of the molecule is CCC[C@H](CC(=O)[C@@H]1CN(C(=O)OC(C)(C)C)C[C@@H]1NC(=O)[C@@H](CC(=O)[C@@H](NC(=O)c1cnccn1)C1CCCCC1)C(C)(C)C)C(=O)C(=O)CC1CC1. The number of aromatic nitrogens is 2. The van der Waals surface area contributed by atoms with Crippen LogP contribution in [0.4, 0.5) is 4.79 Å². The van der Waals surface area contributed by atoms with Crippen LogP contribution in [0.1, 0.15) is 136 Å². The van der Waals surface area contributed by atoms with E-state index in [4.69, 9.17) is 4.74 Å². The zero-order valence-electron chi connectivity index (χ0n) is 33.3. The average Bonchev–Trinajstić information content (AvgIpc) is 3.83. The normalized spacial score (nSPS) is 21.1. The molecule has 3 amide bonds. The predicted molar refractivity (Wildman–Crippen MR) is 201 cm³/mol. The van der Waals surface area contributed by atoms with Crippen LogP contribution in [0.25, 0.3) is 0 Å². The molecular formula is C41H61N5O8. The smallest absolute Gasteiger partial charge is 0.410 e. The summed E-state index contributed by atoms with van der Waals surface area (Å²) in [4.78, 5) is 105. The summed E-state index contributed by atoms with van der Waals surface area (Å²) < 4.78 is 5.61. The van der Waals surface area contributed by atoms with Crippen LogP contribution >= 0.6 is 0 Å². The number of hydrogen-bond donors (Lipinski definition) is 2. The van der Waals surface area contributed by atoms with Crippen molar-refractivity contribution >= 4 is 41.0 Å². The molecule has 0 unspecified atom stereocenters. The van der Waals surface area contributed by atoms with Crippen molar-refractivity contribution in [3.05, 3.63) is 24.3 Å². The van der Waals surface area contributed by atoms with Crippen molar-refractivity contribution in [2.24, 2.45) is 35.0 Å². The lowest BCUT2D eigenvalue weighted by atomic mass is 9.74. The summed E-state index contributed by atoms with van der Waals surface area (Å²) in [6.07, 6.45) is 10.8. The Labute approximate surface area is 319 Å². The van der Waals surface area contributed by atoms with Gasteiger partial charge < -0.3 is 20.3 Å². The summed E-state index contributed by atoms with van der Waals surface area (Å²) in [6, 6.07) is -1.64. The van der Waals surface area contributed by atoms with E-state index in [1.165, 1.54) is 23.5 Å². The number of Topliss-reactive ketones (excluding diaryl/α,β-unsaturated/α-hetero) is 4. The summed E-state index contributed by atoms with van der Waals surface area (Å²) in [5.41, 5.74) is -1.40. The fraction of sp³-hybridized carbons (Fsp3) is 0.732. The average molecular weight is 752 g/mol. The molecule has 0 aromatic carbocycles. The second-order valence-electron chi connectivity index (χ2n) is 17.7. The first-order valence-electron chi connectivity index (χ1n) is 19.9. The molecule has 3 fully saturated rings. The molecule has 13 heteroatoms. The second-order valence-corrected chi connectivity index (χ2v) is 17.7. The van der Waals surface area contributed by atoms with Crippen molar-refractivity contribution in [1.29, 1.82) is 0 Å². The van der Waals surface area contributed by atoms with Crippen LogP contribution in [-0.2, 0) is 28.7 Å². The van der Waals surface area contributed by atoms with E-state index in [2.05, 4.69) is 20.6 Å². The maximum absolute atomic E-state index is 14.3. The number of ketones is 4. The quantitative estimate of drug-likeness (QED) is 0.195. The van der Waals surface area contributed by atoms with Gasteiger partial charge in [-0.15, -0.1) is 0 Å². The summed E-state index contributed by atoms with van der Waals surface area (Å²) >= 11 is 0. The van der Waals surface area contributed by atoms with Crippen molar-refractivity contribution < 1.29 is 38.3 Å². The molecular weight excluding hydrogens is 690 g/mol. The van der Waals surface area contributed by atoms with E-state index in [-0.39, 0.29) is 61.4 Å². The largest absolute Gasteiger partial charge is 0.444 e. The van der Waals surface area contributed by atoms with Gasteiger partial charge >= 0.3 is 6.09 Å².